The fourth-order valence-corrected chi connectivity index (χ4v) is 5.69. The first-order valence-electron chi connectivity index (χ1n) is 11.9. The summed E-state index contributed by atoms with van der Waals surface area (Å²) in [5, 5.41) is 48.5. The van der Waals surface area contributed by atoms with Crippen LogP contribution in [0.2, 0.25) is 0 Å². The van der Waals surface area contributed by atoms with Crippen LogP contribution in [-0.4, -0.2) is 90.9 Å². The Balaban J connectivity index is 2.47. The normalized spacial score (nSPS) is 50.6. The molecule has 7 unspecified atom stereocenters. The lowest BCUT2D eigenvalue weighted by atomic mass is 9.56. The summed E-state index contributed by atoms with van der Waals surface area (Å²) in [5.74, 6) is -0.405. The maximum atomic E-state index is 12.2. The van der Waals surface area contributed by atoms with Crippen molar-refractivity contribution in [1.82, 2.24) is 5.32 Å². The summed E-state index contributed by atoms with van der Waals surface area (Å²) in [6, 6.07) is 0. The van der Waals surface area contributed by atoms with E-state index in [1.807, 2.05) is 0 Å². The van der Waals surface area contributed by atoms with E-state index in [4.69, 9.17) is 14.2 Å². The molecule has 0 spiro atoms. The van der Waals surface area contributed by atoms with Crippen LogP contribution in [0.4, 0.5) is 0 Å². The maximum absolute atomic E-state index is 12.2. The molecule has 9 heteroatoms. The Kier molecular flexibility index (Phi) is 6.79. The van der Waals surface area contributed by atoms with E-state index in [0.717, 1.165) is 0 Å². The zero-order valence-electron chi connectivity index (χ0n) is 23.0. The molecule has 2 rings (SSSR count). The number of hydrogen-bond donors (Lipinski definition) is 5. The van der Waals surface area contributed by atoms with Crippen molar-refractivity contribution in [1.29, 1.82) is 0 Å². The first-order valence-corrected chi connectivity index (χ1v) is 11.9. The Morgan fingerprint density at radius 1 is 0.794 bits per heavy atom. The van der Waals surface area contributed by atoms with Crippen molar-refractivity contribution < 1.29 is 39.4 Å². The summed E-state index contributed by atoms with van der Waals surface area (Å²) in [5.41, 5.74) is -12.5. The van der Waals surface area contributed by atoms with Gasteiger partial charge in [0.15, 0.2) is 0 Å². The molecular formula is C25H47NO8. The first kappa shape index (κ1) is 29.4. The van der Waals surface area contributed by atoms with Gasteiger partial charge in [-0.15, -0.1) is 0 Å². The minimum Gasteiger partial charge on any atom is -0.387 e. The van der Waals surface area contributed by atoms with Gasteiger partial charge in [-0.1, -0.05) is 6.92 Å². The molecule has 0 saturated carbocycles. The zero-order valence-corrected chi connectivity index (χ0v) is 23.0. The van der Waals surface area contributed by atoms with E-state index in [1.165, 1.54) is 20.8 Å². The average Bonchev–Trinajstić information content (AvgIpc) is 2.62. The molecule has 1 amide bonds. The van der Waals surface area contributed by atoms with Crippen LogP contribution in [0.5, 0.6) is 0 Å². The van der Waals surface area contributed by atoms with Gasteiger partial charge in [0.1, 0.15) is 22.4 Å². The smallest absolute Gasteiger partial charge is 0.217 e. The van der Waals surface area contributed by atoms with E-state index < -0.39 is 56.1 Å². The number of amides is 1. The first-order chi connectivity index (χ1) is 14.8. The van der Waals surface area contributed by atoms with Crippen LogP contribution < -0.4 is 5.32 Å². The number of ether oxygens (including phenoxy) is 3. The van der Waals surface area contributed by atoms with E-state index in [2.05, 4.69) is 5.32 Å². The highest BCUT2D eigenvalue weighted by molar-refractivity contribution is 5.74. The Hall–Kier alpha value is -0.810. The van der Waals surface area contributed by atoms with E-state index >= 15 is 0 Å². The van der Waals surface area contributed by atoms with Gasteiger partial charge in [0.05, 0.1) is 47.6 Å². The second-order valence-corrected chi connectivity index (χ2v) is 12.8. The molecule has 34 heavy (non-hydrogen) atoms. The minimum atomic E-state index is -1.83. The Labute approximate surface area is 204 Å². The molecule has 0 aromatic rings. The van der Waals surface area contributed by atoms with Gasteiger partial charge < -0.3 is 40.0 Å². The molecule has 5 N–H and O–H groups in total. The summed E-state index contributed by atoms with van der Waals surface area (Å²) < 4.78 is 18.3. The van der Waals surface area contributed by atoms with Crippen molar-refractivity contribution in [2.75, 3.05) is 19.8 Å². The monoisotopic (exact) mass is 489 g/mol. The molecule has 0 radical (unpaired) electrons. The molecule has 7 atom stereocenters. The Morgan fingerprint density at radius 2 is 1.29 bits per heavy atom. The lowest BCUT2D eigenvalue weighted by molar-refractivity contribution is -0.368. The molecular weight excluding hydrogens is 442 g/mol. The van der Waals surface area contributed by atoms with Gasteiger partial charge in [-0.05, 0) is 69.2 Å². The predicted molar refractivity (Wildman–Crippen MR) is 127 cm³/mol. The third-order valence-electron chi connectivity index (χ3n) is 9.98. The number of nitrogens with one attached hydrogen (secondary N) is 1. The van der Waals surface area contributed by atoms with E-state index in [1.54, 1.807) is 62.3 Å². The number of aliphatic hydroxyl groups is 4. The van der Waals surface area contributed by atoms with Gasteiger partial charge >= 0.3 is 0 Å². The number of carbonyl (C=O) groups excluding carboxylic acids is 1. The number of carbonyl (C=O) groups is 1. The molecule has 0 aliphatic carbocycles. The van der Waals surface area contributed by atoms with Gasteiger partial charge in [-0.2, -0.15) is 0 Å². The van der Waals surface area contributed by atoms with Crippen molar-refractivity contribution >= 4 is 5.91 Å². The molecule has 0 bridgehead atoms. The third-order valence-corrected chi connectivity index (χ3v) is 9.98. The van der Waals surface area contributed by atoms with Gasteiger partial charge in [0, 0.05) is 6.92 Å². The average molecular weight is 490 g/mol. The van der Waals surface area contributed by atoms with E-state index in [9.17, 15) is 25.2 Å². The van der Waals surface area contributed by atoms with Gasteiger partial charge in [-0.25, -0.2) is 0 Å². The Morgan fingerprint density at radius 3 is 1.76 bits per heavy atom. The highest BCUT2D eigenvalue weighted by Gasteiger charge is 2.73. The highest BCUT2D eigenvalue weighted by atomic mass is 16.6. The number of rotatable bonds is 5. The molecule has 2 aliphatic heterocycles. The lowest BCUT2D eigenvalue weighted by Crippen LogP contribution is -2.87. The molecule has 0 aromatic carbocycles. The van der Waals surface area contributed by atoms with Crippen LogP contribution in [0.1, 0.15) is 83.1 Å². The number of hydrogen-bond acceptors (Lipinski definition) is 8. The minimum absolute atomic E-state index is 0.0119. The SMILES string of the molecule is CC(=O)NC1(C)C(C)(COCC2(C)C(C)(O)COC(C)(C)C2(C)O)OC(C)(C)C(C)(O)C1(C)O. The maximum Gasteiger partial charge on any atom is 0.217 e. The fourth-order valence-electron chi connectivity index (χ4n) is 5.69. The van der Waals surface area contributed by atoms with Crippen LogP contribution >= 0.6 is 0 Å². The summed E-state index contributed by atoms with van der Waals surface area (Å²) in [7, 11) is 0. The molecule has 200 valence electrons. The zero-order chi connectivity index (χ0) is 27.0. The summed E-state index contributed by atoms with van der Waals surface area (Å²) >= 11 is 0. The van der Waals surface area contributed by atoms with Crippen LogP contribution in [0.15, 0.2) is 0 Å². The van der Waals surface area contributed by atoms with Crippen molar-refractivity contribution in [2.45, 2.75) is 128 Å². The van der Waals surface area contributed by atoms with E-state index in [0.29, 0.717) is 0 Å². The van der Waals surface area contributed by atoms with E-state index in [-0.39, 0.29) is 19.8 Å². The van der Waals surface area contributed by atoms with Crippen molar-refractivity contribution in [2.24, 2.45) is 5.41 Å². The topological polar surface area (TPSA) is 138 Å². The molecule has 2 aliphatic rings. The molecule has 2 heterocycles. The third kappa shape index (κ3) is 3.66. The van der Waals surface area contributed by atoms with Crippen molar-refractivity contribution in [3.63, 3.8) is 0 Å². The summed E-state index contributed by atoms with van der Waals surface area (Å²) in [6.45, 7) is 19.3. The predicted octanol–water partition coefficient (Wildman–Crippen LogP) is 1.28. The second-order valence-electron chi connectivity index (χ2n) is 12.8. The molecule has 0 aromatic heterocycles. The fraction of sp³-hybridized carbons (Fsp3) is 0.960. The second kappa shape index (κ2) is 7.84. The largest absolute Gasteiger partial charge is 0.387 e. The Bertz CT molecular complexity index is 818. The van der Waals surface area contributed by atoms with Gasteiger partial charge in [0.2, 0.25) is 5.91 Å². The lowest BCUT2D eigenvalue weighted by Gasteiger charge is -2.67. The van der Waals surface area contributed by atoms with Crippen LogP contribution in [0.3, 0.4) is 0 Å². The summed E-state index contributed by atoms with van der Waals surface area (Å²) in [6.07, 6.45) is 0. The van der Waals surface area contributed by atoms with Crippen molar-refractivity contribution in [3.8, 4) is 0 Å². The van der Waals surface area contributed by atoms with Gasteiger partial charge in [0.25, 0.3) is 0 Å². The van der Waals surface area contributed by atoms with Crippen LogP contribution in [0, 0.1) is 5.41 Å². The quantitative estimate of drug-likeness (QED) is 0.389. The molecule has 2 saturated heterocycles. The van der Waals surface area contributed by atoms with Gasteiger partial charge in [-0.3, -0.25) is 4.79 Å². The molecule has 9 nitrogen and oxygen atoms in total. The van der Waals surface area contributed by atoms with Crippen molar-refractivity contribution in [3.05, 3.63) is 0 Å². The highest BCUT2D eigenvalue weighted by Crippen LogP contribution is 2.55. The summed E-state index contributed by atoms with van der Waals surface area (Å²) in [4.78, 5) is 12.2. The molecule has 2 fully saturated rings. The van der Waals surface area contributed by atoms with Crippen LogP contribution in [0.25, 0.3) is 0 Å². The van der Waals surface area contributed by atoms with Crippen LogP contribution in [-0.2, 0) is 19.0 Å². The standard InChI is InChI=1S/C25H47NO8/c1-16(27)26-22(9)21(8,34-18(4,5)24(11,30)25(22,12)31)15-32-13-19(6)20(7,28)14-33-17(2,3)23(19,10)29/h28-31H,13-15H2,1-12H3,(H,26,27).